The third kappa shape index (κ3) is 2.90. The zero-order valence-electron chi connectivity index (χ0n) is 11.0. The number of carbonyl (C=O) groups is 1. The van der Waals surface area contributed by atoms with E-state index in [1.54, 1.807) is 17.8 Å². The van der Waals surface area contributed by atoms with Crippen molar-refractivity contribution in [2.75, 3.05) is 11.9 Å². The minimum atomic E-state index is 0.176. The zero-order valence-corrected chi connectivity index (χ0v) is 11.7. The van der Waals surface area contributed by atoms with Gasteiger partial charge in [-0.15, -0.1) is 0 Å². The molecule has 0 spiro atoms. The molecule has 0 aromatic carbocycles. The third-order valence-electron chi connectivity index (χ3n) is 2.65. The van der Waals surface area contributed by atoms with Crippen molar-refractivity contribution in [3.8, 4) is 0 Å². The van der Waals surface area contributed by atoms with Crippen LogP contribution in [0.3, 0.4) is 0 Å². The first-order valence-electron chi connectivity index (χ1n) is 5.69. The molecule has 0 unspecified atom stereocenters. The second kappa shape index (κ2) is 5.36. The van der Waals surface area contributed by atoms with Crippen LogP contribution in [-0.2, 0) is 13.6 Å². The summed E-state index contributed by atoms with van der Waals surface area (Å²) in [7, 11) is 3.70. The molecule has 7 heteroatoms. The minimum Gasteiger partial charge on any atom is -0.354 e. The summed E-state index contributed by atoms with van der Waals surface area (Å²) in [6, 6.07) is 0. The molecule has 100 valence electrons. The quantitative estimate of drug-likeness (QED) is 0.629. The predicted molar refractivity (Wildman–Crippen MR) is 72.5 cm³/mol. The first-order chi connectivity index (χ1) is 9.01. The van der Waals surface area contributed by atoms with Crippen molar-refractivity contribution >= 4 is 23.7 Å². The van der Waals surface area contributed by atoms with Gasteiger partial charge in [0.2, 0.25) is 0 Å². The highest BCUT2D eigenvalue weighted by Crippen LogP contribution is 2.23. The number of aldehydes is 1. The lowest BCUT2D eigenvalue weighted by atomic mass is 10.3. The van der Waals surface area contributed by atoms with Gasteiger partial charge in [0, 0.05) is 32.4 Å². The van der Waals surface area contributed by atoms with Gasteiger partial charge in [-0.05, 0) is 6.92 Å². The zero-order chi connectivity index (χ0) is 14.0. The summed E-state index contributed by atoms with van der Waals surface area (Å²) in [5, 5.41) is 4.28. The minimum absolute atomic E-state index is 0.176. The number of aryl methyl sites for hydroxylation is 2. The molecule has 0 saturated carbocycles. The molecule has 0 fully saturated rings. The molecule has 0 bridgehead atoms. The average Bonchev–Trinajstić information content (AvgIpc) is 2.73. The topological polar surface area (TPSA) is 63.9 Å². The first kappa shape index (κ1) is 13.5. The van der Waals surface area contributed by atoms with Crippen LogP contribution in [0.5, 0.6) is 0 Å². The van der Waals surface area contributed by atoms with Crippen LogP contribution in [-0.4, -0.2) is 33.1 Å². The fourth-order valence-electron chi connectivity index (χ4n) is 1.83. The maximum absolute atomic E-state index is 11.1. The summed E-state index contributed by atoms with van der Waals surface area (Å²) in [4.78, 5) is 21.2. The molecule has 0 aliphatic heterocycles. The van der Waals surface area contributed by atoms with Crippen LogP contribution in [0.1, 0.15) is 21.7 Å². The van der Waals surface area contributed by atoms with E-state index in [1.165, 1.54) is 0 Å². The maximum Gasteiger partial charge on any atom is 0.156 e. The Morgan fingerprint density at radius 1 is 1.47 bits per heavy atom. The molecule has 2 rings (SSSR count). The highest BCUT2D eigenvalue weighted by Gasteiger charge is 2.15. The number of nitrogens with zero attached hydrogens (tertiary/aromatic N) is 5. The van der Waals surface area contributed by atoms with Gasteiger partial charge in [-0.25, -0.2) is 9.97 Å². The van der Waals surface area contributed by atoms with Gasteiger partial charge in [-0.3, -0.25) is 9.48 Å². The second-order valence-electron chi connectivity index (χ2n) is 4.30. The number of hydrogen-bond donors (Lipinski definition) is 0. The molecular formula is C12H14ClN5O. The number of hydrogen-bond acceptors (Lipinski definition) is 5. The number of halogens is 1. The number of anilines is 1. The van der Waals surface area contributed by atoms with Crippen molar-refractivity contribution in [3.63, 3.8) is 0 Å². The number of carbonyl (C=O) groups excluding carboxylic acids is 1. The van der Waals surface area contributed by atoms with E-state index in [4.69, 9.17) is 11.6 Å². The van der Waals surface area contributed by atoms with E-state index in [0.29, 0.717) is 30.0 Å². The Kier molecular flexibility index (Phi) is 3.80. The normalized spacial score (nSPS) is 10.5. The summed E-state index contributed by atoms with van der Waals surface area (Å²) in [6.45, 7) is 2.32. The van der Waals surface area contributed by atoms with Gasteiger partial charge in [-0.2, -0.15) is 5.10 Å². The van der Waals surface area contributed by atoms with E-state index in [0.717, 1.165) is 5.56 Å². The van der Waals surface area contributed by atoms with Gasteiger partial charge >= 0.3 is 0 Å². The summed E-state index contributed by atoms with van der Waals surface area (Å²) in [6.07, 6.45) is 4.36. The molecule has 0 aliphatic carbocycles. The van der Waals surface area contributed by atoms with Gasteiger partial charge < -0.3 is 4.90 Å². The molecule has 2 heterocycles. The molecule has 0 amide bonds. The fraction of sp³-hybridized carbons (Fsp3) is 0.333. The second-order valence-corrected chi connectivity index (χ2v) is 4.65. The Morgan fingerprint density at radius 3 is 2.79 bits per heavy atom. The van der Waals surface area contributed by atoms with E-state index in [9.17, 15) is 4.79 Å². The van der Waals surface area contributed by atoms with Crippen molar-refractivity contribution in [2.45, 2.75) is 13.5 Å². The SMILES string of the molecule is Cc1nc(Cl)c(C=O)c(N(C)Cc2cnn(C)c2)n1. The Labute approximate surface area is 116 Å². The highest BCUT2D eigenvalue weighted by molar-refractivity contribution is 6.32. The van der Waals surface area contributed by atoms with Crippen LogP contribution in [0.25, 0.3) is 0 Å². The summed E-state index contributed by atoms with van der Waals surface area (Å²) in [5.41, 5.74) is 1.33. The largest absolute Gasteiger partial charge is 0.354 e. The molecule has 2 aromatic rings. The van der Waals surface area contributed by atoms with E-state index in [2.05, 4.69) is 15.1 Å². The molecule has 6 nitrogen and oxygen atoms in total. The molecular weight excluding hydrogens is 266 g/mol. The maximum atomic E-state index is 11.1. The van der Waals surface area contributed by atoms with Gasteiger partial charge in [0.1, 0.15) is 16.8 Å². The molecule has 0 saturated heterocycles. The van der Waals surface area contributed by atoms with Crippen LogP contribution < -0.4 is 4.90 Å². The van der Waals surface area contributed by atoms with E-state index in [-0.39, 0.29) is 5.15 Å². The number of aromatic nitrogens is 4. The fourth-order valence-corrected chi connectivity index (χ4v) is 2.08. The standard InChI is InChI=1S/C12H14ClN5O/c1-8-15-11(13)10(7-19)12(16-8)17(2)5-9-4-14-18(3)6-9/h4,6-7H,5H2,1-3H3. The van der Waals surface area contributed by atoms with E-state index >= 15 is 0 Å². The Morgan fingerprint density at radius 2 is 2.21 bits per heavy atom. The molecule has 19 heavy (non-hydrogen) atoms. The van der Waals surface area contributed by atoms with Crippen LogP contribution in [0.15, 0.2) is 12.4 Å². The lowest BCUT2D eigenvalue weighted by Crippen LogP contribution is -2.20. The average molecular weight is 280 g/mol. The monoisotopic (exact) mass is 279 g/mol. The van der Waals surface area contributed by atoms with Gasteiger partial charge in [-0.1, -0.05) is 11.6 Å². The smallest absolute Gasteiger partial charge is 0.156 e. The van der Waals surface area contributed by atoms with E-state index in [1.807, 2.05) is 25.2 Å². The van der Waals surface area contributed by atoms with E-state index < -0.39 is 0 Å². The van der Waals surface area contributed by atoms with Crippen LogP contribution in [0.4, 0.5) is 5.82 Å². The Balaban J connectivity index is 2.32. The molecule has 0 aliphatic rings. The van der Waals surface area contributed by atoms with Crippen molar-refractivity contribution in [2.24, 2.45) is 7.05 Å². The van der Waals surface area contributed by atoms with Gasteiger partial charge in [0.05, 0.1) is 11.8 Å². The molecule has 0 N–H and O–H groups in total. The summed E-state index contributed by atoms with van der Waals surface area (Å²) >= 11 is 5.96. The number of rotatable bonds is 4. The van der Waals surface area contributed by atoms with Crippen molar-refractivity contribution < 1.29 is 4.79 Å². The molecule has 2 aromatic heterocycles. The van der Waals surface area contributed by atoms with Crippen LogP contribution >= 0.6 is 11.6 Å². The highest BCUT2D eigenvalue weighted by atomic mass is 35.5. The third-order valence-corrected chi connectivity index (χ3v) is 2.94. The first-order valence-corrected chi connectivity index (χ1v) is 6.07. The van der Waals surface area contributed by atoms with Gasteiger partial charge in [0.15, 0.2) is 6.29 Å². The summed E-state index contributed by atoms with van der Waals surface area (Å²) < 4.78 is 1.72. The predicted octanol–water partition coefficient (Wildman–Crippen LogP) is 1.62. The van der Waals surface area contributed by atoms with Crippen molar-refractivity contribution in [1.82, 2.24) is 19.7 Å². The van der Waals surface area contributed by atoms with Crippen LogP contribution in [0.2, 0.25) is 5.15 Å². The Bertz CT molecular complexity index is 610. The summed E-state index contributed by atoms with van der Waals surface area (Å²) in [5.74, 6) is 1.06. The van der Waals surface area contributed by atoms with Crippen molar-refractivity contribution in [1.29, 1.82) is 0 Å². The molecule has 0 atom stereocenters. The molecule has 0 radical (unpaired) electrons. The Hall–Kier alpha value is -1.95. The lowest BCUT2D eigenvalue weighted by molar-refractivity contribution is 0.112. The van der Waals surface area contributed by atoms with Crippen molar-refractivity contribution in [3.05, 3.63) is 34.5 Å². The van der Waals surface area contributed by atoms with Crippen LogP contribution in [0, 0.1) is 6.92 Å². The van der Waals surface area contributed by atoms with Gasteiger partial charge in [0.25, 0.3) is 0 Å². The lowest BCUT2D eigenvalue weighted by Gasteiger charge is -2.19.